The number of rotatable bonds is 4. The van der Waals surface area contributed by atoms with Crippen molar-refractivity contribution in [3.05, 3.63) is 63.4 Å². The van der Waals surface area contributed by atoms with Crippen LogP contribution in [-0.2, 0) is 6.61 Å². The van der Waals surface area contributed by atoms with E-state index in [2.05, 4.69) is 0 Å². The van der Waals surface area contributed by atoms with Gasteiger partial charge in [0.25, 0.3) is 0 Å². The van der Waals surface area contributed by atoms with Crippen molar-refractivity contribution in [2.45, 2.75) is 6.61 Å². The molecule has 2 nitrogen and oxygen atoms in total. The minimum atomic E-state index is -0.579. The Bertz CT molecular complexity index is 614. The molecule has 0 aliphatic heterocycles. The van der Waals surface area contributed by atoms with E-state index in [-0.39, 0.29) is 17.9 Å². The van der Waals surface area contributed by atoms with Gasteiger partial charge in [0.15, 0.2) is 17.9 Å². The molecule has 0 amide bonds. The van der Waals surface area contributed by atoms with Crippen molar-refractivity contribution in [1.82, 2.24) is 0 Å². The molecule has 2 aromatic carbocycles. The maximum absolute atomic E-state index is 13.6. The third-order valence-corrected chi connectivity index (χ3v) is 3.23. The molecule has 0 spiro atoms. The molecule has 0 heterocycles. The molecular weight excluding hydrogens is 290 g/mol. The van der Waals surface area contributed by atoms with E-state index in [1.165, 1.54) is 18.2 Å². The van der Waals surface area contributed by atoms with E-state index in [1.807, 2.05) is 0 Å². The van der Waals surface area contributed by atoms with Gasteiger partial charge in [-0.2, -0.15) is 0 Å². The minimum absolute atomic E-state index is 0.0661. The summed E-state index contributed by atoms with van der Waals surface area (Å²) in [5.41, 5.74) is 0.898. The molecule has 5 heteroatoms. The van der Waals surface area contributed by atoms with Gasteiger partial charge in [-0.05, 0) is 29.8 Å². The van der Waals surface area contributed by atoms with Gasteiger partial charge in [-0.25, -0.2) is 4.39 Å². The average molecular weight is 299 g/mol. The largest absolute Gasteiger partial charge is 0.485 e. The van der Waals surface area contributed by atoms with Gasteiger partial charge in [0.05, 0.1) is 15.6 Å². The minimum Gasteiger partial charge on any atom is -0.485 e. The van der Waals surface area contributed by atoms with E-state index in [0.29, 0.717) is 16.3 Å². The van der Waals surface area contributed by atoms with Crippen LogP contribution < -0.4 is 4.74 Å². The highest BCUT2D eigenvalue weighted by molar-refractivity contribution is 6.42. The van der Waals surface area contributed by atoms with Crippen molar-refractivity contribution in [2.75, 3.05) is 0 Å². The van der Waals surface area contributed by atoms with Crippen molar-refractivity contribution in [3.8, 4) is 5.75 Å². The van der Waals surface area contributed by atoms with Crippen LogP contribution in [0.5, 0.6) is 5.75 Å². The Morgan fingerprint density at radius 3 is 2.63 bits per heavy atom. The molecule has 98 valence electrons. The first-order chi connectivity index (χ1) is 9.11. The fraction of sp³-hybridized carbons (Fsp3) is 0.0714. The smallest absolute Gasteiger partial charge is 0.165 e. The highest BCUT2D eigenvalue weighted by atomic mass is 35.5. The zero-order valence-corrected chi connectivity index (χ0v) is 11.2. The van der Waals surface area contributed by atoms with E-state index in [1.54, 1.807) is 18.2 Å². The molecule has 0 radical (unpaired) electrons. The van der Waals surface area contributed by atoms with E-state index >= 15 is 0 Å². The highest BCUT2D eigenvalue weighted by Gasteiger charge is 2.09. The molecule has 0 unspecified atom stereocenters. The van der Waals surface area contributed by atoms with Crippen LogP contribution in [0.4, 0.5) is 4.39 Å². The lowest BCUT2D eigenvalue weighted by atomic mass is 10.2. The molecule has 0 aromatic heterocycles. The predicted octanol–water partition coefficient (Wildman–Crippen LogP) is 4.52. The van der Waals surface area contributed by atoms with Crippen LogP contribution >= 0.6 is 23.2 Å². The first-order valence-electron chi connectivity index (χ1n) is 5.42. The normalized spacial score (nSPS) is 10.3. The first kappa shape index (κ1) is 13.8. The number of aldehydes is 1. The number of carbonyl (C=O) groups excluding carboxylic acids is 1. The Balaban J connectivity index is 2.18. The van der Waals surface area contributed by atoms with E-state index in [0.717, 1.165) is 5.56 Å². The summed E-state index contributed by atoms with van der Waals surface area (Å²) in [4.78, 5) is 10.8. The predicted molar refractivity (Wildman–Crippen MR) is 72.6 cm³/mol. The summed E-state index contributed by atoms with van der Waals surface area (Å²) in [6.45, 7) is 0.0959. The van der Waals surface area contributed by atoms with Gasteiger partial charge < -0.3 is 4.74 Å². The lowest BCUT2D eigenvalue weighted by Crippen LogP contribution is -2.00. The van der Waals surface area contributed by atoms with Crippen molar-refractivity contribution in [1.29, 1.82) is 0 Å². The molecule has 2 aromatic rings. The summed E-state index contributed by atoms with van der Waals surface area (Å²) in [6, 6.07) is 9.15. The monoisotopic (exact) mass is 298 g/mol. The zero-order valence-electron chi connectivity index (χ0n) is 9.70. The van der Waals surface area contributed by atoms with E-state index in [9.17, 15) is 9.18 Å². The maximum atomic E-state index is 13.6. The molecular formula is C14H9Cl2FO2. The van der Waals surface area contributed by atoms with Gasteiger partial charge in [-0.15, -0.1) is 0 Å². The Kier molecular flexibility index (Phi) is 4.40. The van der Waals surface area contributed by atoms with E-state index < -0.39 is 5.82 Å². The van der Waals surface area contributed by atoms with Crippen molar-refractivity contribution >= 4 is 29.5 Å². The maximum Gasteiger partial charge on any atom is 0.165 e. The van der Waals surface area contributed by atoms with Crippen molar-refractivity contribution in [2.24, 2.45) is 0 Å². The molecule has 0 fully saturated rings. The summed E-state index contributed by atoms with van der Waals surface area (Å²) in [5, 5.41) is 0.830. The Morgan fingerprint density at radius 2 is 1.95 bits per heavy atom. The Labute approximate surface area is 119 Å². The topological polar surface area (TPSA) is 26.3 Å². The SMILES string of the molecule is O=Cc1cccc(F)c1OCc1ccc(Cl)c(Cl)c1. The van der Waals surface area contributed by atoms with Crippen molar-refractivity contribution < 1.29 is 13.9 Å². The lowest BCUT2D eigenvalue weighted by molar-refractivity contribution is 0.111. The second kappa shape index (κ2) is 6.04. The van der Waals surface area contributed by atoms with Crippen molar-refractivity contribution in [3.63, 3.8) is 0 Å². The first-order valence-corrected chi connectivity index (χ1v) is 6.18. The molecule has 19 heavy (non-hydrogen) atoms. The number of para-hydroxylation sites is 1. The van der Waals surface area contributed by atoms with Crippen LogP contribution in [0, 0.1) is 5.82 Å². The summed E-state index contributed by atoms with van der Waals surface area (Å²) >= 11 is 11.7. The molecule has 0 bridgehead atoms. The van der Waals surface area contributed by atoms with Crippen LogP contribution in [0.15, 0.2) is 36.4 Å². The number of hydrogen-bond acceptors (Lipinski definition) is 2. The van der Waals surface area contributed by atoms with Gasteiger partial charge in [-0.1, -0.05) is 35.3 Å². The van der Waals surface area contributed by atoms with Gasteiger partial charge in [0, 0.05) is 0 Å². The van der Waals surface area contributed by atoms with Crippen LogP contribution in [0.25, 0.3) is 0 Å². The number of hydrogen-bond donors (Lipinski definition) is 0. The third-order valence-electron chi connectivity index (χ3n) is 2.49. The number of carbonyl (C=O) groups is 1. The molecule has 0 N–H and O–H groups in total. The molecule has 0 saturated heterocycles. The number of ether oxygens (including phenoxy) is 1. The average Bonchev–Trinajstić information content (AvgIpc) is 2.41. The lowest BCUT2D eigenvalue weighted by Gasteiger charge is -2.09. The third kappa shape index (κ3) is 3.25. The Hall–Kier alpha value is -1.58. The van der Waals surface area contributed by atoms with Gasteiger partial charge in [0.2, 0.25) is 0 Å². The molecule has 0 atom stereocenters. The molecule has 0 aliphatic rings. The van der Waals surface area contributed by atoms with Gasteiger partial charge >= 0.3 is 0 Å². The fourth-order valence-electron chi connectivity index (χ4n) is 1.56. The summed E-state index contributed by atoms with van der Waals surface area (Å²) in [6.07, 6.45) is 0.549. The molecule has 0 aliphatic carbocycles. The van der Waals surface area contributed by atoms with Crippen LogP contribution in [0.3, 0.4) is 0 Å². The second-order valence-electron chi connectivity index (χ2n) is 3.81. The fourth-order valence-corrected chi connectivity index (χ4v) is 1.88. The van der Waals surface area contributed by atoms with Crippen LogP contribution in [-0.4, -0.2) is 6.29 Å². The highest BCUT2D eigenvalue weighted by Crippen LogP contribution is 2.25. The molecule has 2 rings (SSSR count). The van der Waals surface area contributed by atoms with E-state index in [4.69, 9.17) is 27.9 Å². The zero-order chi connectivity index (χ0) is 13.8. The number of halogens is 3. The van der Waals surface area contributed by atoms with Crippen LogP contribution in [0.2, 0.25) is 10.0 Å². The summed E-state index contributed by atoms with van der Waals surface area (Å²) in [7, 11) is 0. The van der Waals surface area contributed by atoms with Gasteiger partial charge in [-0.3, -0.25) is 4.79 Å². The van der Waals surface area contributed by atoms with Crippen LogP contribution in [0.1, 0.15) is 15.9 Å². The summed E-state index contributed by atoms with van der Waals surface area (Å²) in [5.74, 6) is -0.645. The second-order valence-corrected chi connectivity index (χ2v) is 4.63. The number of benzene rings is 2. The molecule has 0 saturated carbocycles. The quantitative estimate of drug-likeness (QED) is 0.776. The standard InChI is InChI=1S/C14H9Cl2FO2/c15-11-5-4-9(6-12(11)16)8-19-14-10(7-18)2-1-3-13(14)17/h1-7H,8H2. The Morgan fingerprint density at radius 1 is 1.16 bits per heavy atom. The summed E-state index contributed by atoms with van der Waals surface area (Å²) < 4.78 is 18.9. The van der Waals surface area contributed by atoms with Gasteiger partial charge in [0.1, 0.15) is 6.61 Å².